The molecule has 1 amide bonds. The molecule has 1 aliphatic heterocycles. The molecule has 1 saturated heterocycles. The topological polar surface area (TPSA) is 120 Å². The number of piperidine rings is 1. The first kappa shape index (κ1) is 45.8. The van der Waals surface area contributed by atoms with Crippen molar-refractivity contribution in [1.29, 1.82) is 0 Å². The van der Waals surface area contributed by atoms with E-state index in [4.69, 9.17) is 9.16 Å². The molecule has 1 heterocycles. The summed E-state index contributed by atoms with van der Waals surface area (Å²) in [5.74, 6) is 0.476. The molecule has 0 spiro atoms. The third-order valence-corrected chi connectivity index (χ3v) is 16.8. The van der Waals surface area contributed by atoms with E-state index in [1.807, 2.05) is 72.8 Å². The number of carboxylic acid groups (broad SMARTS) is 1. The van der Waals surface area contributed by atoms with E-state index >= 15 is 0 Å². The van der Waals surface area contributed by atoms with Crippen molar-refractivity contribution in [3.05, 3.63) is 88.4 Å². The van der Waals surface area contributed by atoms with E-state index < -0.39 is 24.4 Å². The second kappa shape index (κ2) is 21.7. The summed E-state index contributed by atoms with van der Waals surface area (Å²) in [6.45, 7) is 16.0. The van der Waals surface area contributed by atoms with E-state index in [9.17, 15) is 18.3 Å². The lowest BCUT2D eigenvalue weighted by atomic mass is 10.0. The van der Waals surface area contributed by atoms with E-state index in [1.54, 1.807) is 0 Å². The zero-order valence-corrected chi connectivity index (χ0v) is 37.8. The first-order valence-electron chi connectivity index (χ1n) is 20.2. The number of ether oxygens (including phenoxy) is 1. The predicted molar refractivity (Wildman–Crippen MR) is 236 cm³/mol. The standard InChI is InChI=1S/C43H65BrN4O6SSi/c1-43(2,3)56(5,6)54-41(35-23-24-40(38(31-35)46-55(4,51)52)53-33-34-19-13-12-14-20-34)32-45-27-17-10-8-7-9-11-18-28-47-29-25-36(26-30-47)48(42(49)50)39-22-16-15-21-37(39)44/h12-16,19-24,31,36,41,45-46H,7-11,17-18,25-30,32-33H2,1-6H3,(H,49,50)/t41-/m0/s1. The summed E-state index contributed by atoms with van der Waals surface area (Å²) in [6.07, 6.45) is 10.0. The van der Waals surface area contributed by atoms with Crippen LogP contribution in [0.25, 0.3) is 0 Å². The van der Waals surface area contributed by atoms with Gasteiger partial charge in [-0.25, -0.2) is 13.2 Å². The fourth-order valence-corrected chi connectivity index (χ4v) is 9.17. The highest BCUT2D eigenvalue weighted by atomic mass is 79.9. The Morgan fingerprint density at radius 1 is 0.946 bits per heavy atom. The van der Waals surface area contributed by atoms with Crippen molar-refractivity contribution in [3.8, 4) is 5.75 Å². The molecule has 0 bridgehead atoms. The summed E-state index contributed by atoms with van der Waals surface area (Å²) in [4.78, 5) is 16.2. The number of carbonyl (C=O) groups is 1. The van der Waals surface area contributed by atoms with Crippen LogP contribution in [0.4, 0.5) is 16.2 Å². The highest BCUT2D eigenvalue weighted by Crippen LogP contribution is 2.41. The van der Waals surface area contributed by atoms with Crippen molar-refractivity contribution >= 4 is 51.7 Å². The summed E-state index contributed by atoms with van der Waals surface area (Å²) in [6, 6.07) is 23.1. The molecular weight excluding hydrogens is 809 g/mol. The Hall–Kier alpha value is -2.94. The van der Waals surface area contributed by atoms with E-state index in [2.05, 4.69) is 64.7 Å². The van der Waals surface area contributed by atoms with Gasteiger partial charge in [-0.3, -0.25) is 9.62 Å². The summed E-state index contributed by atoms with van der Waals surface area (Å²) < 4.78 is 41.3. The molecule has 1 fully saturated rings. The number of anilines is 2. The molecular formula is C43H65BrN4O6SSi. The molecule has 3 N–H and O–H groups in total. The summed E-state index contributed by atoms with van der Waals surface area (Å²) in [7, 11) is -5.70. The summed E-state index contributed by atoms with van der Waals surface area (Å²) in [5.41, 5.74) is 3.04. The smallest absolute Gasteiger partial charge is 0.412 e. The van der Waals surface area contributed by atoms with Gasteiger partial charge in [0.05, 0.1) is 23.7 Å². The summed E-state index contributed by atoms with van der Waals surface area (Å²) in [5, 5.41) is 13.6. The van der Waals surface area contributed by atoms with E-state index in [0.29, 0.717) is 24.6 Å². The Morgan fingerprint density at radius 2 is 1.57 bits per heavy atom. The molecule has 56 heavy (non-hydrogen) atoms. The molecule has 4 rings (SSSR count). The molecule has 3 aromatic carbocycles. The maximum Gasteiger partial charge on any atom is 0.412 e. The van der Waals surface area contributed by atoms with E-state index in [1.165, 1.54) is 43.4 Å². The first-order chi connectivity index (χ1) is 26.5. The predicted octanol–water partition coefficient (Wildman–Crippen LogP) is 10.4. The number of likely N-dealkylation sites (tertiary alicyclic amines) is 1. The molecule has 0 aromatic heterocycles. The van der Waals surface area contributed by atoms with Crippen molar-refractivity contribution < 1.29 is 27.5 Å². The Morgan fingerprint density at radius 3 is 2.20 bits per heavy atom. The molecule has 10 nitrogen and oxygen atoms in total. The average Bonchev–Trinajstić information content (AvgIpc) is 3.13. The van der Waals surface area contributed by atoms with Gasteiger partial charge in [-0.15, -0.1) is 0 Å². The monoisotopic (exact) mass is 872 g/mol. The number of unbranched alkanes of at least 4 members (excludes halogenated alkanes) is 6. The number of amides is 1. The quantitative estimate of drug-likeness (QED) is 0.0674. The van der Waals surface area contributed by atoms with E-state index in [-0.39, 0.29) is 17.2 Å². The molecule has 310 valence electrons. The molecule has 1 atom stereocenters. The van der Waals surface area contributed by atoms with Gasteiger partial charge < -0.3 is 24.5 Å². The van der Waals surface area contributed by atoms with Crippen LogP contribution in [0, 0.1) is 0 Å². The first-order valence-corrected chi connectivity index (χ1v) is 25.8. The van der Waals surface area contributed by atoms with Gasteiger partial charge in [-0.2, -0.15) is 0 Å². The molecule has 0 radical (unpaired) electrons. The van der Waals surface area contributed by atoms with Gasteiger partial charge in [0.2, 0.25) is 10.0 Å². The van der Waals surface area contributed by atoms with Gasteiger partial charge in [0.25, 0.3) is 0 Å². The fraction of sp³-hybridized carbons (Fsp3) is 0.558. The van der Waals surface area contributed by atoms with Crippen LogP contribution in [0.15, 0.2) is 77.3 Å². The second-order valence-corrected chi connectivity index (χ2v) is 24.0. The van der Waals surface area contributed by atoms with Crippen molar-refractivity contribution in [2.45, 2.75) is 115 Å². The minimum absolute atomic E-state index is 0.00152. The van der Waals surface area contributed by atoms with Crippen LogP contribution in [0.3, 0.4) is 0 Å². The molecule has 0 aliphatic carbocycles. The number of rotatable bonds is 22. The molecule has 13 heteroatoms. The Kier molecular flexibility index (Phi) is 17.7. The molecule has 1 aliphatic rings. The number of nitrogens with one attached hydrogen (secondary N) is 2. The Balaban J connectivity index is 1.19. The average molecular weight is 874 g/mol. The van der Waals surface area contributed by atoms with E-state index in [0.717, 1.165) is 73.0 Å². The van der Waals surface area contributed by atoms with Gasteiger partial charge in [-0.1, -0.05) is 101 Å². The van der Waals surface area contributed by atoms with Crippen LogP contribution >= 0.6 is 15.9 Å². The van der Waals surface area contributed by atoms with Gasteiger partial charge in [0.15, 0.2) is 8.32 Å². The van der Waals surface area contributed by atoms with Crippen LogP contribution in [0.5, 0.6) is 5.75 Å². The molecule has 0 unspecified atom stereocenters. The number of halogens is 1. The van der Waals surface area contributed by atoms with Crippen LogP contribution in [0.2, 0.25) is 18.1 Å². The number of hydrogen-bond acceptors (Lipinski definition) is 7. The number of benzene rings is 3. The largest absolute Gasteiger partial charge is 0.487 e. The summed E-state index contributed by atoms with van der Waals surface area (Å²) >= 11 is 3.52. The lowest BCUT2D eigenvalue weighted by molar-refractivity contribution is 0.179. The molecule has 0 saturated carbocycles. The highest BCUT2D eigenvalue weighted by molar-refractivity contribution is 9.10. The van der Waals surface area contributed by atoms with Crippen LogP contribution in [0.1, 0.15) is 95.8 Å². The normalized spacial score (nSPS) is 15.1. The second-order valence-electron chi connectivity index (χ2n) is 16.6. The lowest BCUT2D eigenvalue weighted by Gasteiger charge is -2.39. The Labute approximate surface area is 346 Å². The number of nitrogens with zero attached hydrogens (tertiary/aromatic N) is 2. The number of sulfonamides is 1. The lowest BCUT2D eigenvalue weighted by Crippen LogP contribution is -2.47. The van der Waals surface area contributed by atoms with Crippen LogP contribution < -0.4 is 19.7 Å². The van der Waals surface area contributed by atoms with Gasteiger partial charge in [0, 0.05) is 30.1 Å². The Bertz CT molecular complexity index is 1770. The third-order valence-electron chi connectivity index (χ3n) is 11.0. The SMILES string of the molecule is CC(C)(C)[Si](C)(C)O[C@@H](CNCCCCCCCCCN1CCC(N(C(=O)O)c2ccccc2Br)CC1)c1ccc(OCc2ccccc2)c(NS(C)(=O)=O)c1. The van der Waals surface area contributed by atoms with Crippen molar-refractivity contribution in [3.63, 3.8) is 0 Å². The number of hydrogen-bond donors (Lipinski definition) is 3. The van der Waals surface area contributed by atoms with Crippen molar-refractivity contribution in [1.82, 2.24) is 10.2 Å². The minimum Gasteiger partial charge on any atom is -0.487 e. The van der Waals surface area contributed by atoms with Crippen molar-refractivity contribution in [2.24, 2.45) is 0 Å². The zero-order valence-electron chi connectivity index (χ0n) is 34.4. The number of para-hydroxylation sites is 1. The van der Waals surface area contributed by atoms with Gasteiger partial charge >= 0.3 is 6.09 Å². The van der Waals surface area contributed by atoms with Crippen LogP contribution in [-0.4, -0.2) is 77.9 Å². The fourth-order valence-electron chi connectivity index (χ4n) is 6.86. The van der Waals surface area contributed by atoms with Crippen LogP contribution in [-0.2, 0) is 21.1 Å². The third kappa shape index (κ3) is 14.8. The van der Waals surface area contributed by atoms with Gasteiger partial charge in [0.1, 0.15) is 12.4 Å². The van der Waals surface area contributed by atoms with Gasteiger partial charge in [-0.05, 0) is 108 Å². The zero-order chi connectivity index (χ0) is 40.8. The minimum atomic E-state index is -3.54. The molecule has 3 aromatic rings. The maximum atomic E-state index is 12.4. The highest BCUT2D eigenvalue weighted by Gasteiger charge is 2.39. The van der Waals surface area contributed by atoms with Crippen molar-refractivity contribution in [2.75, 3.05) is 48.6 Å². The maximum absolute atomic E-state index is 12.4.